The van der Waals surface area contributed by atoms with Crippen LogP contribution in [0.4, 0.5) is 0 Å². The Balaban J connectivity index is 1.43. The lowest BCUT2D eigenvalue weighted by atomic mass is 10.0. The third-order valence-corrected chi connectivity index (χ3v) is 9.29. The number of hydrogen-bond acceptors (Lipinski definition) is 2. The minimum atomic E-state index is 0.653. The van der Waals surface area contributed by atoms with Crippen molar-refractivity contribution in [1.29, 1.82) is 0 Å². The summed E-state index contributed by atoms with van der Waals surface area (Å²) >= 11 is 0. The number of rotatable bonds is 3. The van der Waals surface area contributed by atoms with Crippen molar-refractivity contribution in [3.8, 4) is 28.5 Å². The summed E-state index contributed by atoms with van der Waals surface area (Å²) in [6, 6.07) is 55.8. The Bertz CT molecular complexity index is 2730. The quantitative estimate of drug-likeness (QED) is 0.193. The van der Waals surface area contributed by atoms with Crippen LogP contribution in [0.2, 0.25) is 0 Å². The van der Waals surface area contributed by atoms with Crippen LogP contribution in [0, 0.1) is 0 Å². The molecule has 0 radical (unpaired) electrons. The van der Waals surface area contributed by atoms with E-state index in [0.717, 1.165) is 39.1 Å². The van der Waals surface area contributed by atoms with Gasteiger partial charge in [0.15, 0.2) is 0 Å². The van der Waals surface area contributed by atoms with Crippen LogP contribution in [0.15, 0.2) is 158 Å². The van der Waals surface area contributed by atoms with Gasteiger partial charge in [-0.1, -0.05) is 127 Å². The standard InChI is InChI=1S/C42H26N4/c1-3-13-27(14-4-1)34-26-35(28-15-5-2-6-16-28)44-42(43-34)46-37-22-12-10-19-31(37)33-23-24-38-40(41(33)46)32-20-9-8-18-30(32)39-25-29-17-7-11-21-36(29)45(38)39/h1-26H. The normalized spacial score (nSPS) is 11.9. The van der Waals surface area contributed by atoms with E-state index in [-0.39, 0.29) is 0 Å². The minimum absolute atomic E-state index is 0.653. The highest BCUT2D eigenvalue weighted by atomic mass is 15.2. The third-order valence-electron chi connectivity index (χ3n) is 9.29. The average Bonchev–Trinajstić information content (AvgIpc) is 3.69. The molecule has 0 bridgehead atoms. The third kappa shape index (κ3) is 3.55. The minimum Gasteiger partial charge on any atom is -0.309 e. The number of fused-ring (bicyclic) bond motifs is 12. The summed E-state index contributed by atoms with van der Waals surface area (Å²) in [4.78, 5) is 10.6. The van der Waals surface area contributed by atoms with Gasteiger partial charge >= 0.3 is 0 Å². The predicted octanol–water partition coefficient (Wildman–Crippen LogP) is 10.6. The van der Waals surface area contributed by atoms with Crippen molar-refractivity contribution in [3.63, 3.8) is 0 Å². The number of hydrogen-bond donors (Lipinski definition) is 0. The number of nitrogens with zero attached hydrogens (tertiary/aromatic N) is 4. The van der Waals surface area contributed by atoms with Gasteiger partial charge in [-0.2, -0.15) is 0 Å². The van der Waals surface area contributed by atoms with Gasteiger partial charge in [-0.05, 0) is 35.7 Å². The highest BCUT2D eigenvalue weighted by molar-refractivity contribution is 6.27. The second-order valence-corrected chi connectivity index (χ2v) is 11.8. The smallest absolute Gasteiger partial charge is 0.235 e. The molecule has 0 saturated carbocycles. The summed E-state index contributed by atoms with van der Waals surface area (Å²) in [5, 5.41) is 7.21. The zero-order chi connectivity index (χ0) is 30.2. The Kier molecular flexibility index (Phi) is 5.25. The number of para-hydroxylation sites is 2. The van der Waals surface area contributed by atoms with Crippen molar-refractivity contribution in [2.24, 2.45) is 0 Å². The fraction of sp³-hybridized carbons (Fsp3) is 0. The van der Waals surface area contributed by atoms with Crippen LogP contribution in [-0.2, 0) is 0 Å². The van der Waals surface area contributed by atoms with E-state index in [4.69, 9.17) is 9.97 Å². The molecule has 0 aliphatic carbocycles. The molecule has 46 heavy (non-hydrogen) atoms. The first-order valence-corrected chi connectivity index (χ1v) is 15.6. The van der Waals surface area contributed by atoms with E-state index in [0.29, 0.717) is 5.95 Å². The van der Waals surface area contributed by atoms with Gasteiger partial charge in [-0.15, -0.1) is 0 Å². The molecule has 10 rings (SSSR count). The molecule has 0 spiro atoms. The Morgan fingerprint density at radius 2 is 0.957 bits per heavy atom. The Morgan fingerprint density at radius 1 is 0.391 bits per heavy atom. The van der Waals surface area contributed by atoms with Gasteiger partial charge in [0.05, 0.1) is 39.0 Å². The summed E-state index contributed by atoms with van der Waals surface area (Å²) < 4.78 is 4.71. The van der Waals surface area contributed by atoms with E-state index >= 15 is 0 Å². The van der Waals surface area contributed by atoms with Gasteiger partial charge in [0.25, 0.3) is 0 Å². The molecule has 0 aliphatic heterocycles. The Hall–Kier alpha value is -6.26. The maximum Gasteiger partial charge on any atom is 0.235 e. The number of aromatic nitrogens is 4. The number of pyridine rings is 1. The summed E-state index contributed by atoms with van der Waals surface area (Å²) in [6.07, 6.45) is 0. The summed E-state index contributed by atoms with van der Waals surface area (Å²) in [6.45, 7) is 0. The molecule has 4 aromatic heterocycles. The molecule has 0 fully saturated rings. The van der Waals surface area contributed by atoms with Crippen LogP contribution < -0.4 is 0 Å². The fourth-order valence-corrected chi connectivity index (χ4v) is 7.29. The summed E-state index contributed by atoms with van der Waals surface area (Å²) in [5.74, 6) is 0.653. The van der Waals surface area contributed by atoms with E-state index in [2.05, 4.69) is 155 Å². The largest absolute Gasteiger partial charge is 0.309 e. The molecule has 0 amide bonds. The maximum absolute atomic E-state index is 5.31. The molecule has 0 atom stereocenters. The lowest BCUT2D eigenvalue weighted by molar-refractivity contribution is 0.998. The van der Waals surface area contributed by atoms with E-state index in [9.17, 15) is 0 Å². The van der Waals surface area contributed by atoms with E-state index in [1.54, 1.807) is 0 Å². The van der Waals surface area contributed by atoms with Crippen molar-refractivity contribution >= 4 is 59.9 Å². The topological polar surface area (TPSA) is 35.1 Å². The Labute approximate surface area is 264 Å². The lowest BCUT2D eigenvalue weighted by Crippen LogP contribution is -2.04. The molecule has 0 N–H and O–H groups in total. The van der Waals surface area contributed by atoms with Crippen LogP contribution in [0.3, 0.4) is 0 Å². The summed E-state index contributed by atoms with van der Waals surface area (Å²) in [5.41, 5.74) is 9.64. The van der Waals surface area contributed by atoms with Crippen LogP contribution in [0.25, 0.3) is 88.4 Å². The maximum atomic E-state index is 5.31. The molecule has 0 unspecified atom stereocenters. The zero-order valence-electron chi connectivity index (χ0n) is 24.8. The SMILES string of the molecule is c1ccc(-c2cc(-c3ccccc3)nc(-n3c4ccccc4c4ccc5c(c6ccccc6c6cc7ccccc7n65)c43)n2)cc1. The second-order valence-electron chi connectivity index (χ2n) is 11.8. The molecule has 4 heteroatoms. The van der Waals surface area contributed by atoms with Gasteiger partial charge in [0.1, 0.15) is 0 Å². The van der Waals surface area contributed by atoms with Crippen molar-refractivity contribution in [2.45, 2.75) is 0 Å². The zero-order valence-corrected chi connectivity index (χ0v) is 24.8. The van der Waals surface area contributed by atoms with Crippen molar-refractivity contribution in [2.75, 3.05) is 0 Å². The molecular weight excluding hydrogens is 560 g/mol. The monoisotopic (exact) mass is 586 g/mol. The fourth-order valence-electron chi connectivity index (χ4n) is 7.29. The number of benzene rings is 6. The highest BCUT2D eigenvalue weighted by Gasteiger charge is 2.22. The van der Waals surface area contributed by atoms with Crippen molar-refractivity contribution in [1.82, 2.24) is 18.9 Å². The second kappa shape index (κ2) is 9.62. The van der Waals surface area contributed by atoms with Crippen molar-refractivity contribution < 1.29 is 0 Å². The van der Waals surface area contributed by atoms with Crippen LogP contribution in [-0.4, -0.2) is 18.9 Å². The molecule has 4 nitrogen and oxygen atoms in total. The first-order valence-electron chi connectivity index (χ1n) is 15.6. The van der Waals surface area contributed by atoms with Gasteiger partial charge < -0.3 is 4.40 Å². The molecule has 6 aromatic carbocycles. The van der Waals surface area contributed by atoms with Gasteiger partial charge in [-0.3, -0.25) is 4.57 Å². The molecule has 0 saturated heterocycles. The molecular formula is C42H26N4. The van der Waals surface area contributed by atoms with Crippen LogP contribution in [0.1, 0.15) is 0 Å². The molecule has 4 heterocycles. The Morgan fingerprint density at radius 3 is 1.65 bits per heavy atom. The predicted molar refractivity (Wildman–Crippen MR) is 191 cm³/mol. The van der Waals surface area contributed by atoms with E-state index in [1.807, 2.05) is 12.1 Å². The first-order chi connectivity index (χ1) is 22.8. The average molecular weight is 587 g/mol. The van der Waals surface area contributed by atoms with Crippen molar-refractivity contribution in [3.05, 3.63) is 158 Å². The summed E-state index contributed by atoms with van der Waals surface area (Å²) in [7, 11) is 0. The molecule has 214 valence electrons. The van der Waals surface area contributed by atoms with E-state index < -0.39 is 0 Å². The van der Waals surface area contributed by atoms with Crippen LogP contribution in [0.5, 0.6) is 0 Å². The first kappa shape index (κ1) is 25.1. The highest BCUT2D eigenvalue weighted by Crippen LogP contribution is 2.42. The molecule has 0 aliphatic rings. The van der Waals surface area contributed by atoms with Gasteiger partial charge in [0.2, 0.25) is 5.95 Å². The lowest BCUT2D eigenvalue weighted by Gasteiger charge is -2.15. The van der Waals surface area contributed by atoms with E-state index in [1.165, 1.54) is 43.4 Å². The molecule has 10 aromatic rings. The van der Waals surface area contributed by atoms with Crippen LogP contribution >= 0.6 is 0 Å². The van der Waals surface area contributed by atoms with Gasteiger partial charge in [0, 0.05) is 38.1 Å². The van der Waals surface area contributed by atoms with Gasteiger partial charge in [-0.25, -0.2) is 9.97 Å².